The van der Waals surface area contributed by atoms with Crippen LogP contribution in [0.4, 0.5) is 0 Å². The summed E-state index contributed by atoms with van der Waals surface area (Å²) in [6, 6.07) is 0. The van der Waals surface area contributed by atoms with E-state index in [4.69, 9.17) is 9.84 Å². The Kier molecular flexibility index (Phi) is 3.46. The van der Waals surface area contributed by atoms with Gasteiger partial charge in [0, 0.05) is 26.7 Å². The van der Waals surface area contributed by atoms with Crippen LogP contribution in [0.5, 0.6) is 0 Å². The molecule has 1 aliphatic heterocycles. The number of carboxylic acids is 1. The van der Waals surface area contributed by atoms with E-state index in [0.29, 0.717) is 26.0 Å². The molecule has 0 bridgehead atoms. The summed E-state index contributed by atoms with van der Waals surface area (Å²) in [7, 11) is 1.53. The molecule has 1 rings (SSSR count). The molecule has 0 aliphatic carbocycles. The van der Waals surface area contributed by atoms with E-state index in [0.717, 1.165) is 0 Å². The number of methoxy groups -OCH3 is 1. The largest absolute Gasteiger partial charge is 0.481 e. The lowest BCUT2D eigenvalue weighted by atomic mass is 9.76. The van der Waals surface area contributed by atoms with Crippen molar-refractivity contribution in [2.24, 2.45) is 5.41 Å². The Morgan fingerprint density at radius 2 is 2.43 bits per heavy atom. The highest BCUT2D eigenvalue weighted by Gasteiger charge is 2.42. The van der Waals surface area contributed by atoms with Gasteiger partial charge in [-0.25, -0.2) is 0 Å². The molecule has 1 heterocycles. The lowest BCUT2D eigenvalue weighted by Gasteiger charge is -2.32. The summed E-state index contributed by atoms with van der Waals surface area (Å²) < 4.78 is 4.86. The minimum atomic E-state index is -0.918. The molecule has 14 heavy (non-hydrogen) atoms. The zero-order valence-corrected chi connectivity index (χ0v) is 8.21. The SMILES string of the molecule is COCCC1(C(=O)O)CCNC(=O)C1. The average Bonchev–Trinajstić information content (AvgIpc) is 2.14. The number of carboxylic acid groups (broad SMARTS) is 1. The monoisotopic (exact) mass is 201 g/mol. The van der Waals surface area contributed by atoms with E-state index in [1.165, 1.54) is 7.11 Å². The molecular formula is C9H15NO4. The second-order valence-electron chi connectivity index (χ2n) is 3.61. The van der Waals surface area contributed by atoms with Crippen LogP contribution in [-0.4, -0.2) is 37.2 Å². The first kappa shape index (κ1) is 11.0. The normalized spacial score (nSPS) is 27.1. The van der Waals surface area contributed by atoms with Crippen molar-refractivity contribution in [2.75, 3.05) is 20.3 Å². The summed E-state index contributed by atoms with van der Waals surface area (Å²) in [6.45, 7) is 0.814. The molecule has 2 N–H and O–H groups in total. The van der Waals surface area contributed by atoms with Gasteiger partial charge in [0.25, 0.3) is 0 Å². The van der Waals surface area contributed by atoms with E-state index in [-0.39, 0.29) is 12.3 Å². The molecule has 1 amide bonds. The second kappa shape index (κ2) is 4.41. The number of nitrogens with one attached hydrogen (secondary N) is 1. The Bertz CT molecular complexity index is 241. The van der Waals surface area contributed by atoms with Crippen LogP contribution in [-0.2, 0) is 14.3 Å². The molecule has 0 aromatic heterocycles. The molecule has 0 aromatic rings. The number of rotatable bonds is 4. The third kappa shape index (κ3) is 2.23. The van der Waals surface area contributed by atoms with E-state index in [9.17, 15) is 9.59 Å². The van der Waals surface area contributed by atoms with Gasteiger partial charge in [-0.3, -0.25) is 9.59 Å². The molecule has 0 aromatic carbocycles. The van der Waals surface area contributed by atoms with Crippen molar-refractivity contribution >= 4 is 11.9 Å². The van der Waals surface area contributed by atoms with Crippen LogP contribution in [0.2, 0.25) is 0 Å². The number of aliphatic carboxylic acids is 1. The van der Waals surface area contributed by atoms with Crippen molar-refractivity contribution in [3.63, 3.8) is 0 Å². The molecule has 0 radical (unpaired) electrons. The number of carbonyl (C=O) groups is 2. The Morgan fingerprint density at radius 3 is 2.93 bits per heavy atom. The van der Waals surface area contributed by atoms with Crippen LogP contribution in [0.15, 0.2) is 0 Å². The molecule has 1 saturated heterocycles. The van der Waals surface area contributed by atoms with Gasteiger partial charge < -0.3 is 15.2 Å². The van der Waals surface area contributed by atoms with Gasteiger partial charge in [-0.05, 0) is 12.8 Å². The highest BCUT2D eigenvalue weighted by atomic mass is 16.5. The fraction of sp³-hybridized carbons (Fsp3) is 0.778. The fourth-order valence-corrected chi connectivity index (χ4v) is 1.70. The summed E-state index contributed by atoms with van der Waals surface area (Å²) in [4.78, 5) is 22.2. The molecule has 0 saturated carbocycles. The van der Waals surface area contributed by atoms with Crippen LogP contribution in [0, 0.1) is 5.41 Å². The van der Waals surface area contributed by atoms with E-state index in [2.05, 4.69) is 5.32 Å². The molecule has 5 heteroatoms. The van der Waals surface area contributed by atoms with Crippen molar-refractivity contribution in [1.82, 2.24) is 5.32 Å². The highest BCUT2D eigenvalue weighted by Crippen LogP contribution is 2.33. The topological polar surface area (TPSA) is 75.6 Å². The van der Waals surface area contributed by atoms with Crippen molar-refractivity contribution in [1.29, 1.82) is 0 Å². The zero-order chi connectivity index (χ0) is 10.6. The molecule has 1 fully saturated rings. The number of hydrogen-bond acceptors (Lipinski definition) is 3. The van der Waals surface area contributed by atoms with Gasteiger partial charge in [0.2, 0.25) is 5.91 Å². The second-order valence-corrected chi connectivity index (χ2v) is 3.61. The quantitative estimate of drug-likeness (QED) is 0.671. The van der Waals surface area contributed by atoms with Crippen molar-refractivity contribution in [2.45, 2.75) is 19.3 Å². The van der Waals surface area contributed by atoms with E-state index >= 15 is 0 Å². The van der Waals surface area contributed by atoms with Crippen LogP contribution >= 0.6 is 0 Å². The third-order valence-corrected chi connectivity index (χ3v) is 2.66. The van der Waals surface area contributed by atoms with E-state index in [1.54, 1.807) is 0 Å². The first-order valence-corrected chi connectivity index (χ1v) is 4.60. The smallest absolute Gasteiger partial charge is 0.310 e. The number of ether oxygens (including phenoxy) is 1. The zero-order valence-electron chi connectivity index (χ0n) is 8.21. The summed E-state index contributed by atoms with van der Waals surface area (Å²) in [5.41, 5.74) is -0.918. The van der Waals surface area contributed by atoms with Gasteiger partial charge >= 0.3 is 5.97 Å². The fourth-order valence-electron chi connectivity index (χ4n) is 1.70. The van der Waals surface area contributed by atoms with Gasteiger partial charge in [-0.2, -0.15) is 0 Å². The lowest BCUT2D eigenvalue weighted by Crippen LogP contribution is -2.45. The number of piperidine rings is 1. The van der Waals surface area contributed by atoms with Gasteiger partial charge in [0.15, 0.2) is 0 Å². The van der Waals surface area contributed by atoms with Crippen molar-refractivity contribution < 1.29 is 19.4 Å². The van der Waals surface area contributed by atoms with Crippen LogP contribution in [0.3, 0.4) is 0 Å². The maximum absolute atomic E-state index is 11.1. The number of hydrogen-bond donors (Lipinski definition) is 2. The first-order valence-electron chi connectivity index (χ1n) is 4.60. The molecule has 1 aliphatic rings. The van der Waals surface area contributed by atoms with Gasteiger partial charge in [0.05, 0.1) is 5.41 Å². The first-order chi connectivity index (χ1) is 6.60. The van der Waals surface area contributed by atoms with Crippen LogP contribution in [0.1, 0.15) is 19.3 Å². The lowest BCUT2D eigenvalue weighted by molar-refractivity contribution is -0.155. The Morgan fingerprint density at radius 1 is 1.71 bits per heavy atom. The minimum absolute atomic E-state index is 0.0612. The Balaban J connectivity index is 2.69. The molecule has 5 nitrogen and oxygen atoms in total. The molecule has 80 valence electrons. The third-order valence-electron chi connectivity index (χ3n) is 2.66. The predicted octanol–water partition coefficient (Wildman–Crippen LogP) is 0.00390. The van der Waals surface area contributed by atoms with Gasteiger partial charge in [0.1, 0.15) is 0 Å². The van der Waals surface area contributed by atoms with Gasteiger partial charge in [-0.15, -0.1) is 0 Å². The molecule has 0 spiro atoms. The number of carbonyl (C=O) groups excluding carboxylic acids is 1. The highest BCUT2D eigenvalue weighted by molar-refractivity contribution is 5.86. The van der Waals surface area contributed by atoms with Crippen LogP contribution < -0.4 is 5.32 Å². The Labute approximate surface area is 82.4 Å². The molecule has 1 unspecified atom stereocenters. The summed E-state index contributed by atoms with van der Waals surface area (Å²) in [6.07, 6.45) is 0.940. The van der Waals surface area contributed by atoms with Crippen molar-refractivity contribution in [3.8, 4) is 0 Å². The summed E-state index contributed by atoms with van der Waals surface area (Å²) in [5, 5.41) is 11.7. The molecule has 1 atom stereocenters. The summed E-state index contributed by atoms with van der Waals surface area (Å²) >= 11 is 0. The Hall–Kier alpha value is -1.10. The van der Waals surface area contributed by atoms with Crippen LogP contribution in [0.25, 0.3) is 0 Å². The predicted molar refractivity (Wildman–Crippen MR) is 48.8 cm³/mol. The molecular weight excluding hydrogens is 186 g/mol. The van der Waals surface area contributed by atoms with E-state index < -0.39 is 11.4 Å². The van der Waals surface area contributed by atoms with Gasteiger partial charge in [-0.1, -0.05) is 0 Å². The summed E-state index contributed by atoms with van der Waals surface area (Å²) in [5.74, 6) is -1.08. The minimum Gasteiger partial charge on any atom is -0.481 e. The standard InChI is InChI=1S/C9H15NO4/c1-14-5-3-9(8(12)13)2-4-10-7(11)6-9/h2-6H2,1H3,(H,10,11)(H,12,13). The average molecular weight is 201 g/mol. The van der Waals surface area contributed by atoms with Crippen molar-refractivity contribution in [3.05, 3.63) is 0 Å². The number of amides is 1. The maximum Gasteiger partial charge on any atom is 0.310 e. The van der Waals surface area contributed by atoms with E-state index in [1.807, 2.05) is 0 Å². The maximum atomic E-state index is 11.1.